The van der Waals surface area contributed by atoms with Gasteiger partial charge in [-0.05, 0) is 63.0 Å². The van der Waals surface area contributed by atoms with Gasteiger partial charge in [0.2, 0.25) is 0 Å². The highest BCUT2D eigenvalue weighted by Gasteiger charge is 2.13. The molecule has 4 heteroatoms. The molecule has 0 saturated heterocycles. The van der Waals surface area contributed by atoms with Crippen LogP contribution in [-0.2, 0) is 12.8 Å². The van der Waals surface area contributed by atoms with Crippen molar-refractivity contribution in [2.24, 2.45) is 5.73 Å². The molecule has 0 spiro atoms. The minimum Gasteiger partial charge on any atom is -0.493 e. The van der Waals surface area contributed by atoms with Crippen molar-refractivity contribution in [1.82, 2.24) is 0 Å². The second kappa shape index (κ2) is 5.65. The van der Waals surface area contributed by atoms with Gasteiger partial charge in [0.15, 0.2) is 0 Å². The molecule has 1 aliphatic heterocycles. The first-order chi connectivity index (χ1) is 9.22. The van der Waals surface area contributed by atoms with E-state index in [1.807, 2.05) is 0 Å². The summed E-state index contributed by atoms with van der Waals surface area (Å²) in [7, 11) is 0. The van der Waals surface area contributed by atoms with Gasteiger partial charge in [0.1, 0.15) is 5.75 Å². The first-order valence-electron chi connectivity index (χ1n) is 6.46. The Morgan fingerprint density at radius 2 is 2.26 bits per heavy atom. The summed E-state index contributed by atoms with van der Waals surface area (Å²) in [6.07, 6.45) is 3.03. The van der Waals surface area contributed by atoms with E-state index in [1.54, 1.807) is 11.3 Å². The number of hydrogen-bond acceptors (Lipinski definition) is 3. The quantitative estimate of drug-likeness (QED) is 0.912. The van der Waals surface area contributed by atoms with Gasteiger partial charge in [0.25, 0.3) is 0 Å². The lowest BCUT2D eigenvalue weighted by atomic mass is 10.00. The van der Waals surface area contributed by atoms with Crippen molar-refractivity contribution in [2.75, 3.05) is 6.61 Å². The molecule has 19 heavy (non-hydrogen) atoms. The Kier molecular flexibility index (Phi) is 3.91. The average molecular weight is 338 g/mol. The predicted molar refractivity (Wildman–Crippen MR) is 82.9 cm³/mol. The number of rotatable bonds is 4. The Bertz CT molecular complexity index is 581. The van der Waals surface area contributed by atoms with Crippen LogP contribution < -0.4 is 10.5 Å². The largest absolute Gasteiger partial charge is 0.493 e. The maximum absolute atomic E-state index is 6.23. The van der Waals surface area contributed by atoms with Crippen LogP contribution in [0, 0.1) is 0 Å². The standard InChI is InChI=1S/C15H16BrNOS/c16-15-8-12(9-19-15)13(17)3-1-10-2-4-14-11(7-10)5-6-18-14/h2,4,7-9,13H,1,3,5-6,17H2. The van der Waals surface area contributed by atoms with E-state index in [0.29, 0.717) is 0 Å². The van der Waals surface area contributed by atoms with Crippen molar-refractivity contribution < 1.29 is 4.74 Å². The molecule has 2 nitrogen and oxygen atoms in total. The molecular weight excluding hydrogens is 322 g/mol. The SMILES string of the molecule is NC(CCc1ccc2c(c1)CCO2)c1csc(Br)c1. The van der Waals surface area contributed by atoms with Gasteiger partial charge in [-0.15, -0.1) is 11.3 Å². The number of hydrogen-bond donors (Lipinski definition) is 1. The molecule has 1 aromatic heterocycles. The van der Waals surface area contributed by atoms with Crippen molar-refractivity contribution >= 4 is 27.3 Å². The fourth-order valence-corrected chi connectivity index (χ4v) is 3.64. The van der Waals surface area contributed by atoms with E-state index in [4.69, 9.17) is 10.5 Å². The Morgan fingerprint density at radius 1 is 1.37 bits per heavy atom. The average Bonchev–Trinajstić information content (AvgIpc) is 3.03. The summed E-state index contributed by atoms with van der Waals surface area (Å²) in [5, 5.41) is 2.13. The lowest BCUT2D eigenvalue weighted by Gasteiger charge is -2.10. The lowest BCUT2D eigenvalue weighted by molar-refractivity contribution is 0.357. The molecule has 2 aromatic rings. The Balaban J connectivity index is 1.63. The number of halogens is 1. The molecule has 1 atom stereocenters. The molecule has 2 heterocycles. The van der Waals surface area contributed by atoms with Gasteiger partial charge < -0.3 is 10.5 Å². The molecule has 100 valence electrons. The van der Waals surface area contributed by atoms with Crippen molar-refractivity contribution in [3.8, 4) is 5.75 Å². The molecule has 1 aromatic carbocycles. The van der Waals surface area contributed by atoms with E-state index in [1.165, 1.54) is 16.7 Å². The topological polar surface area (TPSA) is 35.2 Å². The van der Waals surface area contributed by atoms with Gasteiger partial charge in [0, 0.05) is 12.5 Å². The second-order valence-corrected chi connectivity index (χ2v) is 7.16. The van der Waals surface area contributed by atoms with Gasteiger partial charge >= 0.3 is 0 Å². The van der Waals surface area contributed by atoms with E-state index in [-0.39, 0.29) is 6.04 Å². The van der Waals surface area contributed by atoms with Crippen LogP contribution in [0.25, 0.3) is 0 Å². The fourth-order valence-electron chi connectivity index (χ4n) is 2.40. The highest BCUT2D eigenvalue weighted by molar-refractivity contribution is 9.11. The third-order valence-electron chi connectivity index (χ3n) is 3.51. The van der Waals surface area contributed by atoms with E-state index in [9.17, 15) is 0 Å². The zero-order chi connectivity index (χ0) is 13.2. The van der Waals surface area contributed by atoms with Crippen molar-refractivity contribution in [1.29, 1.82) is 0 Å². The summed E-state index contributed by atoms with van der Waals surface area (Å²) in [4.78, 5) is 0. The molecule has 1 unspecified atom stereocenters. The van der Waals surface area contributed by atoms with Crippen LogP contribution in [-0.4, -0.2) is 6.61 Å². The van der Waals surface area contributed by atoms with Gasteiger partial charge in [-0.25, -0.2) is 0 Å². The third-order valence-corrected chi connectivity index (χ3v) is 5.04. The smallest absolute Gasteiger partial charge is 0.122 e. The molecule has 0 aliphatic carbocycles. The molecular formula is C15H16BrNOS. The Labute approximate surface area is 125 Å². The second-order valence-electron chi connectivity index (χ2n) is 4.87. The summed E-state index contributed by atoms with van der Waals surface area (Å²) in [6.45, 7) is 0.821. The van der Waals surface area contributed by atoms with Crippen LogP contribution in [0.15, 0.2) is 33.4 Å². The van der Waals surface area contributed by atoms with E-state index < -0.39 is 0 Å². The van der Waals surface area contributed by atoms with Gasteiger partial charge in [-0.1, -0.05) is 12.1 Å². The van der Waals surface area contributed by atoms with Crippen molar-refractivity contribution in [3.63, 3.8) is 0 Å². The molecule has 1 aliphatic rings. The van der Waals surface area contributed by atoms with Crippen LogP contribution in [0.3, 0.4) is 0 Å². The number of fused-ring (bicyclic) bond motifs is 1. The highest BCUT2D eigenvalue weighted by Crippen LogP contribution is 2.29. The highest BCUT2D eigenvalue weighted by atomic mass is 79.9. The number of benzene rings is 1. The van der Waals surface area contributed by atoms with Crippen LogP contribution in [0.2, 0.25) is 0 Å². The number of thiophene rings is 1. The number of ether oxygens (including phenoxy) is 1. The lowest BCUT2D eigenvalue weighted by Crippen LogP contribution is -2.10. The minimum atomic E-state index is 0.118. The predicted octanol–water partition coefficient (Wildman–Crippen LogP) is 4.08. The number of nitrogens with two attached hydrogens (primary N) is 1. The summed E-state index contributed by atoms with van der Waals surface area (Å²) < 4.78 is 6.67. The van der Waals surface area contributed by atoms with Crippen molar-refractivity contribution in [3.05, 3.63) is 50.1 Å². The summed E-state index contributed by atoms with van der Waals surface area (Å²) in [5.41, 5.74) is 10.1. The Hall–Kier alpha value is -0.840. The third kappa shape index (κ3) is 3.02. The maximum atomic E-state index is 6.23. The molecule has 0 fully saturated rings. The maximum Gasteiger partial charge on any atom is 0.122 e. The van der Waals surface area contributed by atoms with E-state index in [2.05, 4.69) is 45.6 Å². The molecule has 0 bridgehead atoms. The van der Waals surface area contributed by atoms with Gasteiger partial charge in [-0.3, -0.25) is 0 Å². The molecule has 0 amide bonds. The molecule has 3 rings (SSSR count). The first kappa shape index (κ1) is 13.2. The van der Waals surface area contributed by atoms with Crippen LogP contribution in [0.4, 0.5) is 0 Å². The van der Waals surface area contributed by atoms with Gasteiger partial charge in [-0.2, -0.15) is 0 Å². The van der Waals surface area contributed by atoms with E-state index >= 15 is 0 Å². The van der Waals surface area contributed by atoms with Crippen LogP contribution in [0.5, 0.6) is 5.75 Å². The van der Waals surface area contributed by atoms with E-state index in [0.717, 1.165) is 35.4 Å². The minimum absolute atomic E-state index is 0.118. The molecule has 2 N–H and O–H groups in total. The van der Waals surface area contributed by atoms with Crippen LogP contribution in [0.1, 0.15) is 29.2 Å². The molecule has 0 saturated carbocycles. The molecule has 0 radical (unpaired) electrons. The first-order valence-corrected chi connectivity index (χ1v) is 8.14. The monoisotopic (exact) mass is 337 g/mol. The summed E-state index contributed by atoms with van der Waals surface area (Å²) in [5.74, 6) is 1.05. The fraction of sp³-hybridized carbons (Fsp3) is 0.333. The van der Waals surface area contributed by atoms with Crippen LogP contribution >= 0.6 is 27.3 Å². The zero-order valence-corrected chi connectivity index (χ0v) is 13.0. The number of aryl methyl sites for hydroxylation is 1. The Morgan fingerprint density at radius 3 is 3.05 bits per heavy atom. The van der Waals surface area contributed by atoms with Gasteiger partial charge in [0.05, 0.1) is 10.4 Å². The normalized spacial score (nSPS) is 15.1. The van der Waals surface area contributed by atoms with Crippen molar-refractivity contribution in [2.45, 2.75) is 25.3 Å². The summed E-state index contributed by atoms with van der Waals surface area (Å²) >= 11 is 5.17. The summed E-state index contributed by atoms with van der Waals surface area (Å²) in [6, 6.07) is 8.74. The zero-order valence-electron chi connectivity index (χ0n) is 10.6.